The molecule has 0 bridgehead atoms. The summed E-state index contributed by atoms with van der Waals surface area (Å²) in [5.41, 5.74) is 3.99. The quantitative estimate of drug-likeness (QED) is 0.553. The summed E-state index contributed by atoms with van der Waals surface area (Å²) in [6.07, 6.45) is 0.958. The highest BCUT2D eigenvalue weighted by Crippen LogP contribution is 2.31. The zero-order valence-corrected chi connectivity index (χ0v) is 17.6. The fourth-order valence-corrected chi connectivity index (χ4v) is 3.73. The van der Waals surface area contributed by atoms with E-state index in [0.29, 0.717) is 13.2 Å². The van der Waals surface area contributed by atoms with Crippen molar-refractivity contribution in [3.8, 4) is 28.6 Å². The van der Waals surface area contributed by atoms with Gasteiger partial charge >= 0.3 is 0 Å². The van der Waals surface area contributed by atoms with Crippen LogP contribution < -0.4 is 24.6 Å². The van der Waals surface area contributed by atoms with Crippen molar-refractivity contribution in [2.75, 3.05) is 20.3 Å². The van der Waals surface area contributed by atoms with Crippen LogP contribution in [0.5, 0.6) is 17.2 Å². The highest BCUT2D eigenvalue weighted by molar-refractivity contribution is 5.79. The molecule has 5 nitrogen and oxygen atoms in total. The van der Waals surface area contributed by atoms with E-state index < -0.39 is 0 Å². The topological polar surface area (TPSA) is 54.8 Å². The minimum atomic E-state index is 0.561. The molecule has 156 valence electrons. The number of aryl methyl sites for hydroxylation is 1. The second-order valence-electron chi connectivity index (χ2n) is 7.42. The average Bonchev–Trinajstić information content (AvgIpc) is 2.83. The predicted octanol–water partition coefficient (Wildman–Crippen LogP) is 3.76. The van der Waals surface area contributed by atoms with E-state index in [9.17, 15) is 0 Å². The molecular formula is C26H24NO4+. The minimum Gasteiger partial charge on any atom is -0.497 e. The Hall–Kier alpha value is -3.73. The highest BCUT2D eigenvalue weighted by atomic mass is 16.6. The number of rotatable bonds is 4. The van der Waals surface area contributed by atoms with Crippen LogP contribution in [0.2, 0.25) is 0 Å². The Balaban J connectivity index is 1.69. The molecule has 3 aromatic carbocycles. The summed E-state index contributed by atoms with van der Waals surface area (Å²) in [4.78, 5) is 3.56. The Bertz CT molecular complexity index is 1310. The highest BCUT2D eigenvalue weighted by Gasteiger charge is 2.15. The second kappa shape index (κ2) is 8.19. The van der Waals surface area contributed by atoms with Crippen molar-refractivity contribution in [1.82, 2.24) is 0 Å². The molecule has 0 saturated carbocycles. The van der Waals surface area contributed by atoms with Crippen LogP contribution in [0.25, 0.3) is 22.3 Å². The molecule has 0 saturated heterocycles. The van der Waals surface area contributed by atoms with Gasteiger partial charge in [-0.2, -0.15) is 0 Å². The lowest BCUT2D eigenvalue weighted by Crippen LogP contribution is -2.70. The van der Waals surface area contributed by atoms with Crippen LogP contribution in [0.1, 0.15) is 12.5 Å². The molecule has 31 heavy (non-hydrogen) atoms. The fraction of sp³-hybridized carbons (Fsp3) is 0.192. The lowest BCUT2D eigenvalue weighted by atomic mass is 10.1. The monoisotopic (exact) mass is 414 g/mol. The fourth-order valence-electron chi connectivity index (χ4n) is 3.73. The largest absolute Gasteiger partial charge is 0.497 e. The van der Waals surface area contributed by atoms with Crippen molar-refractivity contribution in [2.24, 2.45) is 0 Å². The third kappa shape index (κ3) is 3.87. The maximum Gasteiger partial charge on any atom is 0.218 e. The summed E-state index contributed by atoms with van der Waals surface area (Å²) in [6, 6.07) is 22.1. The van der Waals surface area contributed by atoms with Gasteiger partial charge in [0, 0.05) is 11.6 Å². The molecule has 1 N–H and O–H groups in total. The van der Waals surface area contributed by atoms with E-state index >= 15 is 0 Å². The molecule has 0 fully saturated rings. The Morgan fingerprint density at radius 1 is 0.871 bits per heavy atom. The molecule has 0 aliphatic carbocycles. The van der Waals surface area contributed by atoms with Crippen LogP contribution in [-0.4, -0.2) is 20.3 Å². The first-order chi connectivity index (χ1) is 15.2. The summed E-state index contributed by atoms with van der Waals surface area (Å²) < 4.78 is 22.9. The first-order valence-electron chi connectivity index (χ1n) is 10.4. The molecule has 0 radical (unpaired) electrons. The summed E-state index contributed by atoms with van der Waals surface area (Å²) in [6.45, 7) is 3.29. The standard InChI is InChI=1S/C26H23NO4/c1-3-17-4-10-23-21(14-17)22(16-25(31-23)18-5-8-20(28-2)9-6-18)27-19-7-11-24-26(15-19)30-13-12-29-24/h4-11,14-16H,3,12-13H2,1-2H3/p+1. The predicted molar refractivity (Wildman–Crippen MR) is 119 cm³/mol. The van der Waals surface area contributed by atoms with Crippen LogP contribution in [0.4, 0.5) is 5.69 Å². The van der Waals surface area contributed by atoms with E-state index in [-0.39, 0.29) is 0 Å². The first kappa shape index (κ1) is 19.2. The Morgan fingerprint density at radius 3 is 2.45 bits per heavy atom. The van der Waals surface area contributed by atoms with Gasteiger partial charge in [0.1, 0.15) is 30.3 Å². The third-order valence-electron chi connectivity index (χ3n) is 5.43. The van der Waals surface area contributed by atoms with Gasteiger partial charge in [-0.1, -0.05) is 13.0 Å². The third-order valence-corrected chi connectivity index (χ3v) is 5.43. The van der Waals surface area contributed by atoms with Gasteiger partial charge in [-0.05, 0) is 54.4 Å². The molecule has 0 amide bonds. The van der Waals surface area contributed by atoms with Crippen LogP contribution in [0.3, 0.4) is 0 Å². The van der Waals surface area contributed by atoms with Crippen molar-refractivity contribution in [3.05, 3.63) is 77.7 Å². The van der Waals surface area contributed by atoms with Gasteiger partial charge in [-0.25, -0.2) is 4.99 Å². The van der Waals surface area contributed by atoms with Gasteiger partial charge in [0.15, 0.2) is 11.5 Å². The first-order valence-corrected chi connectivity index (χ1v) is 10.4. The van der Waals surface area contributed by atoms with Crippen molar-refractivity contribution in [3.63, 3.8) is 0 Å². The maximum absolute atomic E-state index is 6.26. The lowest BCUT2D eigenvalue weighted by Gasteiger charge is -2.17. The molecular weight excluding hydrogens is 390 g/mol. The molecule has 2 heterocycles. The number of nitrogens with one attached hydrogen (secondary N) is 1. The number of ether oxygens (including phenoxy) is 3. The van der Waals surface area contributed by atoms with E-state index in [0.717, 1.165) is 57.0 Å². The summed E-state index contributed by atoms with van der Waals surface area (Å²) in [5.74, 6) is 3.12. The zero-order valence-electron chi connectivity index (χ0n) is 17.6. The lowest BCUT2D eigenvalue weighted by molar-refractivity contribution is -0.401. The van der Waals surface area contributed by atoms with E-state index in [2.05, 4.69) is 24.0 Å². The maximum atomic E-state index is 6.26. The zero-order chi connectivity index (χ0) is 21.2. The normalized spacial score (nSPS) is 13.4. The van der Waals surface area contributed by atoms with Crippen LogP contribution in [-0.2, 0) is 6.42 Å². The number of fused-ring (bicyclic) bond motifs is 2. The van der Waals surface area contributed by atoms with Crippen LogP contribution in [0.15, 0.2) is 71.1 Å². The molecule has 0 unspecified atom stereocenters. The molecule has 4 aromatic rings. The van der Waals surface area contributed by atoms with Crippen molar-refractivity contribution >= 4 is 16.7 Å². The number of methoxy groups -OCH3 is 1. The Kier molecular flexibility index (Phi) is 5.08. The SMILES string of the molecule is CCc1ccc2oc(-c3ccc(OC)cc3)cc(=[NH+]c3ccc4c(c3)OCCO4)c2c1. The van der Waals surface area contributed by atoms with Crippen LogP contribution >= 0.6 is 0 Å². The van der Waals surface area contributed by atoms with Gasteiger partial charge in [-0.15, -0.1) is 0 Å². The molecule has 1 aliphatic heterocycles. The Labute approximate surface area is 180 Å². The van der Waals surface area contributed by atoms with Crippen molar-refractivity contribution in [2.45, 2.75) is 13.3 Å². The minimum absolute atomic E-state index is 0.561. The Morgan fingerprint density at radius 2 is 1.68 bits per heavy atom. The molecule has 5 rings (SSSR count). The second-order valence-corrected chi connectivity index (χ2v) is 7.42. The summed E-state index contributed by atoms with van der Waals surface area (Å²) in [7, 11) is 1.66. The van der Waals surface area contributed by atoms with E-state index in [1.165, 1.54) is 5.56 Å². The van der Waals surface area contributed by atoms with E-state index in [1.807, 2.05) is 54.6 Å². The van der Waals surface area contributed by atoms with Gasteiger partial charge in [0.25, 0.3) is 0 Å². The molecule has 1 aliphatic rings. The van der Waals surface area contributed by atoms with Crippen molar-refractivity contribution < 1.29 is 23.6 Å². The summed E-state index contributed by atoms with van der Waals surface area (Å²) >= 11 is 0. The van der Waals surface area contributed by atoms with Crippen LogP contribution in [0, 0.1) is 0 Å². The summed E-state index contributed by atoms with van der Waals surface area (Å²) in [5, 5.41) is 2.01. The number of hydrogen-bond acceptors (Lipinski definition) is 4. The molecule has 1 aromatic heterocycles. The van der Waals surface area contributed by atoms with E-state index in [1.54, 1.807) is 7.11 Å². The number of hydrogen-bond donors (Lipinski definition) is 1. The molecule has 0 spiro atoms. The molecule has 5 heteroatoms. The van der Waals surface area contributed by atoms with Crippen molar-refractivity contribution in [1.29, 1.82) is 0 Å². The van der Waals surface area contributed by atoms with Gasteiger partial charge in [0.2, 0.25) is 11.0 Å². The van der Waals surface area contributed by atoms with Gasteiger partial charge in [0.05, 0.1) is 24.6 Å². The average molecular weight is 414 g/mol. The van der Waals surface area contributed by atoms with Gasteiger partial charge < -0.3 is 18.6 Å². The van der Waals surface area contributed by atoms with E-state index in [4.69, 9.17) is 18.6 Å². The smallest absolute Gasteiger partial charge is 0.218 e. The van der Waals surface area contributed by atoms with Gasteiger partial charge in [-0.3, -0.25) is 0 Å². The number of benzene rings is 3. The molecule has 0 atom stereocenters.